The Labute approximate surface area is 174 Å². The molecule has 4 fully saturated rings. The van der Waals surface area contributed by atoms with E-state index in [0.717, 1.165) is 32.1 Å². The highest BCUT2D eigenvalue weighted by Crippen LogP contribution is 2.77. The Kier molecular flexibility index (Phi) is 3.78. The minimum absolute atomic E-state index is 0.0109. The highest BCUT2D eigenvalue weighted by Gasteiger charge is 2.79. The Morgan fingerprint density at radius 2 is 1.83 bits per heavy atom. The number of esters is 1. The van der Waals surface area contributed by atoms with Crippen molar-refractivity contribution in [3.05, 3.63) is 12.2 Å². The molecule has 29 heavy (non-hydrogen) atoms. The monoisotopic (exact) mass is 400 g/mol. The molecule has 5 aliphatic rings. The number of carbonyl (C=O) groups excluding carboxylic acids is 2. The van der Waals surface area contributed by atoms with E-state index in [1.54, 1.807) is 0 Å². The molecule has 0 amide bonds. The lowest BCUT2D eigenvalue weighted by Crippen LogP contribution is -2.64. The Balaban J connectivity index is 1.66. The van der Waals surface area contributed by atoms with Gasteiger partial charge in [0.05, 0.1) is 10.8 Å². The number of hydrogen-bond donors (Lipinski definition) is 1. The number of hydrogen-bond acceptors (Lipinski definition) is 4. The molecule has 5 rings (SSSR count). The number of carbonyl (C=O) groups is 2. The van der Waals surface area contributed by atoms with Gasteiger partial charge in [-0.15, -0.1) is 0 Å². The number of Topliss-reactive ketones (excluding diaryl/α,β-unsaturated/α-hetero) is 1. The molecule has 4 nitrogen and oxygen atoms in total. The summed E-state index contributed by atoms with van der Waals surface area (Å²) >= 11 is 0. The highest BCUT2D eigenvalue weighted by atomic mass is 16.6. The molecule has 1 saturated heterocycles. The molecule has 4 aliphatic carbocycles. The molecule has 3 saturated carbocycles. The lowest BCUT2D eigenvalue weighted by molar-refractivity contribution is -0.166. The quantitative estimate of drug-likeness (QED) is 0.554. The van der Waals surface area contributed by atoms with Crippen LogP contribution < -0.4 is 0 Å². The zero-order valence-corrected chi connectivity index (χ0v) is 18.6. The molecular formula is C25H36O4. The molecule has 8 atom stereocenters. The van der Waals surface area contributed by atoms with Gasteiger partial charge in [-0.2, -0.15) is 0 Å². The first kappa shape index (κ1) is 19.8. The average molecular weight is 401 g/mol. The van der Waals surface area contributed by atoms with E-state index < -0.39 is 16.4 Å². The summed E-state index contributed by atoms with van der Waals surface area (Å²) in [5.41, 5.74) is -1.80. The second-order valence-electron chi connectivity index (χ2n) is 11.8. The highest BCUT2D eigenvalue weighted by molar-refractivity contribution is 5.92. The van der Waals surface area contributed by atoms with Gasteiger partial charge in [0.15, 0.2) is 0 Å². The van der Waals surface area contributed by atoms with Crippen molar-refractivity contribution >= 4 is 11.8 Å². The second-order valence-corrected chi connectivity index (χ2v) is 11.8. The van der Waals surface area contributed by atoms with E-state index >= 15 is 0 Å². The van der Waals surface area contributed by atoms with E-state index in [-0.39, 0.29) is 46.9 Å². The zero-order valence-electron chi connectivity index (χ0n) is 18.6. The van der Waals surface area contributed by atoms with E-state index in [1.165, 1.54) is 0 Å². The molecule has 2 bridgehead atoms. The van der Waals surface area contributed by atoms with Gasteiger partial charge in [-0.05, 0) is 80.6 Å². The summed E-state index contributed by atoms with van der Waals surface area (Å²) in [4.78, 5) is 26.5. The van der Waals surface area contributed by atoms with Crippen LogP contribution in [0.25, 0.3) is 0 Å². The molecular weight excluding hydrogens is 364 g/mol. The van der Waals surface area contributed by atoms with Crippen molar-refractivity contribution in [2.45, 2.75) is 78.7 Å². The van der Waals surface area contributed by atoms with Gasteiger partial charge in [-0.3, -0.25) is 9.59 Å². The second kappa shape index (κ2) is 5.55. The summed E-state index contributed by atoms with van der Waals surface area (Å²) in [7, 11) is 0. The standard InChI is InChI=1S/C25H36O4/c1-15(14-26)16-8-10-23(5)17-9-11-25-18(6-7-19(27)21(25,2)3)24(17,20(28)29-25)13-12-22(16,23)4/h9,11,15-18,26H,6-8,10,12-14H2,1-5H3/t15-,16-,17+,18-,22-,23+,24+,25-/m1/s1. The number of rotatable bonds is 2. The number of aliphatic hydroxyl groups is 1. The summed E-state index contributed by atoms with van der Waals surface area (Å²) in [5.74, 6) is 1.18. The van der Waals surface area contributed by atoms with E-state index in [2.05, 4.69) is 32.9 Å². The minimum Gasteiger partial charge on any atom is -0.453 e. The molecule has 1 heterocycles. The number of allylic oxidation sites excluding steroid dienone is 1. The molecule has 1 N–H and O–H groups in total. The predicted molar refractivity (Wildman–Crippen MR) is 110 cm³/mol. The first-order valence-electron chi connectivity index (χ1n) is 11.6. The lowest BCUT2D eigenvalue weighted by Gasteiger charge is -2.62. The Morgan fingerprint density at radius 3 is 2.52 bits per heavy atom. The lowest BCUT2D eigenvalue weighted by atomic mass is 9.38. The van der Waals surface area contributed by atoms with Gasteiger partial charge in [0.25, 0.3) is 0 Å². The van der Waals surface area contributed by atoms with Crippen molar-refractivity contribution in [3.63, 3.8) is 0 Å². The van der Waals surface area contributed by atoms with E-state index in [0.29, 0.717) is 12.3 Å². The molecule has 4 heteroatoms. The van der Waals surface area contributed by atoms with Crippen molar-refractivity contribution in [2.24, 2.45) is 45.3 Å². The molecule has 160 valence electrons. The third kappa shape index (κ3) is 1.88. The van der Waals surface area contributed by atoms with E-state index in [9.17, 15) is 14.7 Å². The average Bonchev–Trinajstić information content (AvgIpc) is 3.03. The van der Waals surface area contributed by atoms with Crippen molar-refractivity contribution in [2.75, 3.05) is 6.61 Å². The summed E-state index contributed by atoms with van der Waals surface area (Å²) in [6.45, 7) is 11.2. The Bertz CT molecular complexity index is 814. The molecule has 0 aromatic carbocycles. The first-order chi connectivity index (χ1) is 13.5. The molecule has 0 unspecified atom stereocenters. The number of ketones is 1. The third-order valence-corrected chi connectivity index (χ3v) is 11.0. The summed E-state index contributed by atoms with van der Waals surface area (Å²) in [5, 5.41) is 9.88. The van der Waals surface area contributed by atoms with Crippen molar-refractivity contribution in [3.8, 4) is 0 Å². The maximum Gasteiger partial charge on any atom is 0.314 e. The number of fused-ring (bicyclic) bond motifs is 2. The van der Waals surface area contributed by atoms with Crippen molar-refractivity contribution < 1.29 is 19.4 Å². The van der Waals surface area contributed by atoms with Gasteiger partial charge >= 0.3 is 5.97 Å². The first-order valence-corrected chi connectivity index (χ1v) is 11.6. The molecule has 0 aromatic heterocycles. The number of aliphatic hydroxyl groups excluding tert-OH is 1. The third-order valence-electron chi connectivity index (χ3n) is 11.0. The van der Waals surface area contributed by atoms with Gasteiger partial charge < -0.3 is 9.84 Å². The van der Waals surface area contributed by atoms with Crippen LogP contribution >= 0.6 is 0 Å². The molecule has 0 radical (unpaired) electrons. The Hall–Kier alpha value is -1.16. The van der Waals surface area contributed by atoms with Crippen molar-refractivity contribution in [1.29, 1.82) is 0 Å². The molecule has 1 spiro atoms. The van der Waals surface area contributed by atoms with Crippen LogP contribution in [0.1, 0.15) is 73.1 Å². The van der Waals surface area contributed by atoms with Gasteiger partial charge in [-0.1, -0.05) is 26.8 Å². The summed E-state index contributed by atoms with van der Waals surface area (Å²) in [6.07, 6.45) is 9.77. The largest absolute Gasteiger partial charge is 0.453 e. The van der Waals surface area contributed by atoms with Gasteiger partial charge in [0.2, 0.25) is 0 Å². The molecule has 0 aromatic rings. The maximum absolute atomic E-state index is 13.7. The zero-order chi connectivity index (χ0) is 21.0. The van der Waals surface area contributed by atoms with Gasteiger partial charge in [0.1, 0.15) is 11.4 Å². The van der Waals surface area contributed by atoms with Crippen LogP contribution in [0.3, 0.4) is 0 Å². The maximum atomic E-state index is 13.7. The van der Waals surface area contributed by atoms with Crippen LogP contribution in [0, 0.1) is 45.3 Å². The van der Waals surface area contributed by atoms with E-state index in [4.69, 9.17) is 4.74 Å². The Morgan fingerprint density at radius 1 is 1.10 bits per heavy atom. The fourth-order valence-electron chi connectivity index (χ4n) is 8.98. The van der Waals surface area contributed by atoms with Crippen LogP contribution in [0.5, 0.6) is 0 Å². The fraction of sp³-hybridized carbons (Fsp3) is 0.840. The van der Waals surface area contributed by atoms with Crippen LogP contribution in [-0.4, -0.2) is 29.1 Å². The van der Waals surface area contributed by atoms with Crippen LogP contribution in [0.15, 0.2) is 12.2 Å². The van der Waals surface area contributed by atoms with Crippen LogP contribution in [0.2, 0.25) is 0 Å². The SMILES string of the molecule is C[C@H](CO)[C@H]1CC[C@@]2(C)[C@@H]3C=C[C@@]45OC(=O)[C@]3(CC[C@]12C)[C@H]4CCC(=O)C5(C)C. The topological polar surface area (TPSA) is 63.6 Å². The number of ether oxygens (including phenoxy) is 1. The van der Waals surface area contributed by atoms with Crippen LogP contribution in [0.4, 0.5) is 0 Å². The summed E-state index contributed by atoms with van der Waals surface area (Å²) < 4.78 is 6.26. The smallest absolute Gasteiger partial charge is 0.314 e. The van der Waals surface area contributed by atoms with Gasteiger partial charge in [0, 0.05) is 18.9 Å². The predicted octanol–water partition coefficient (Wildman–Crippen LogP) is 4.30. The summed E-state index contributed by atoms with van der Waals surface area (Å²) in [6, 6.07) is 0. The van der Waals surface area contributed by atoms with E-state index in [1.807, 2.05) is 13.8 Å². The fourth-order valence-corrected chi connectivity index (χ4v) is 8.98. The van der Waals surface area contributed by atoms with Crippen LogP contribution in [-0.2, 0) is 14.3 Å². The van der Waals surface area contributed by atoms with Crippen molar-refractivity contribution in [1.82, 2.24) is 0 Å². The van der Waals surface area contributed by atoms with Gasteiger partial charge in [-0.25, -0.2) is 0 Å². The molecule has 1 aliphatic heterocycles. The minimum atomic E-state index is -0.767. The normalized spacial score (nSPS) is 53.1.